The highest BCUT2D eigenvalue weighted by Gasteiger charge is 2.09. The quantitative estimate of drug-likeness (QED) is 0.889. The summed E-state index contributed by atoms with van der Waals surface area (Å²) >= 11 is 6.80. The Balaban J connectivity index is 2.13. The fourth-order valence-corrected chi connectivity index (χ4v) is 3.86. The number of aromatic nitrogens is 2. The molecule has 0 aliphatic heterocycles. The topological polar surface area (TPSA) is 55.0 Å². The van der Waals surface area contributed by atoms with Gasteiger partial charge in [0, 0.05) is 23.5 Å². The van der Waals surface area contributed by atoms with Crippen molar-refractivity contribution in [2.24, 2.45) is 5.73 Å². The van der Waals surface area contributed by atoms with E-state index in [9.17, 15) is 0 Å². The van der Waals surface area contributed by atoms with Crippen molar-refractivity contribution in [1.29, 1.82) is 0 Å². The van der Waals surface area contributed by atoms with Crippen LogP contribution in [-0.2, 0) is 6.42 Å². The van der Waals surface area contributed by atoms with Crippen LogP contribution in [0.1, 0.15) is 5.56 Å². The number of nitrogens with zero attached hydrogens (tertiary/aromatic N) is 3. The monoisotopic (exact) mass is 358 g/mol. The van der Waals surface area contributed by atoms with Crippen LogP contribution < -0.4 is 10.6 Å². The highest BCUT2D eigenvalue weighted by atomic mass is 79.9. The van der Waals surface area contributed by atoms with Gasteiger partial charge < -0.3 is 10.6 Å². The molecule has 2 rings (SSSR count). The number of rotatable bonds is 5. The van der Waals surface area contributed by atoms with Crippen LogP contribution in [0, 0.1) is 0 Å². The minimum Gasteiger partial charge on any atom is -0.353 e. The summed E-state index contributed by atoms with van der Waals surface area (Å²) in [6, 6.07) is 6.31. The molecule has 0 saturated carbocycles. The Morgan fingerprint density at radius 2 is 2.16 bits per heavy atom. The van der Waals surface area contributed by atoms with E-state index in [0.29, 0.717) is 6.54 Å². The van der Waals surface area contributed by atoms with E-state index in [4.69, 9.17) is 5.73 Å². The van der Waals surface area contributed by atoms with E-state index >= 15 is 0 Å². The maximum Gasteiger partial charge on any atom is 0.208 e. The van der Waals surface area contributed by atoms with Gasteiger partial charge in [-0.25, -0.2) is 0 Å². The Bertz CT molecular complexity index is 556. The molecule has 0 unspecified atom stereocenters. The smallest absolute Gasteiger partial charge is 0.208 e. The molecular formula is C12H15BrN4S2. The van der Waals surface area contributed by atoms with Crippen LogP contribution in [0.5, 0.6) is 0 Å². The van der Waals surface area contributed by atoms with E-state index in [1.165, 1.54) is 5.56 Å². The summed E-state index contributed by atoms with van der Waals surface area (Å²) in [5.41, 5.74) is 6.80. The molecule has 7 heteroatoms. The van der Waals surface area contributed by atoms with Crippen LogP contribution in [0.3, 0.4) is 0 Å². The van der Waals surface area contributed by atoms with Gasteiger partial charge in [-0.1, -0.05) is 29.2 Å². The molecule has 0 fully saturated rings. The molecular weight excluding hydrogens is 344 g/mol. The zero-order valence-corrected chi connectivity index (χ0v) is 14.0. The number of hydrogen-bond acceptors (Lipinski definition) is 6. The number of halogens is 1. The minimum atomic E-state index is 0.668. The predicted octanol–water partition coefficient (Wildman–Crippen LogP) is 3.02. The Morgan fingerprint density at radius 1 is 1.37 bits per heavy atom. The molecule has 0 saturated heterocycles. The van der Waals surface area contributed by atoms with E-state index in [1.54, 1.807) is 23.1 Å². The maximum atomic E-state index is 5.56. The third kappa shape index (κ3) is 3.92. The van der Waals surface area contributed by atoms with Crippen LogP contribution >= 0.6 is 39.0 Å². The summed E-state index contributed by atoms with van der Waals surface area (Å²) in [5.74, 6) is 0. The first-order valence-corrected chi connectivity index (χ1v) is 8.20. The third-order valence-corrected chi connectivity index (χ3v) is 5.54. The second kappa shape index (κ2) is 6.69. The van der Waals surface area contributed by atoms with Gasteiger partial charge in [-0.15, -0.1) is 10.2 Å². The van der Waals surface area contributed by atoms with Gasteiger partial charge >= 0.3 is 0 Å². The van der Waals surface area contributed by atoms with Gasteiger partial charge in [-0.3, -0.25) is 0 Å². The summed E-state index contributed by atoms with van der Waals surface area (Å²) in [6.07, 6.45) is 0.896. The van der Waals surface area contributed by atoms with Crippen LogP contribution in [-0.4, -0.2) is 30.8 Å². The zero-order chi connectivity index (χ0) is 13.8. The van der Waals surface area contributed by atoms with Crippen molar-refractivity contribution in [3.8, 4) is 0 Å². The first-order chi connectivity index (χ1) is 9.10. The summed E-state index contributed by atoms with van der Waals surface area (Å²) in [5, 5.41) is 9.23. The zero-order valence-electron chi connectivity index (χ0n) is 10.8. The molecule has 1 heterocycles. The van der Waals surface area contributed by atoms with Crippen LogP contribution in [0.2, 0.25) is 0 Å². The lowest BCUT2D eigenvalue weighted by Gasteiger charge is -2.05. The summed E-state index contributed by atoms with van der Waals surface area (Å²) < 4.78 is 2.01. The minimum absolute atomic E-state index is 0.668. The van der Waals surface area contributed by atoms with E-state index in [1.807, 2.05) is 19.0 Å². The number of nitrogens with two attached hydrogens (primary N) is 1. The molecule has 0 radical (unpaired) electrons. The Kier molecular flexibility index (Phi) is 5.20. The third-order valence-electron chi connectivity index (χ3n) is 2.40. The molecule has 2 N–H and O–H groups in total. The predicted molar refractivity (Wildman–Crippen MR) is 85.3 cm³/mol. The van der Waals surface area contributed by atoms with Gasteiger partial charge in [0.15, 0.2) is 4.34 Å². The van der Waals surface area contributed by atoms with E-state index in [-0.39, 0.29) is 0 Å². The molecule has 0 aliphatic rings. The lowest BCUT2D eigenvalue weighted by atomic mass is 10.2. The van der Waals surface area contributed by atoms with E-state index < -0.39 is 0 Å². The van der Waals surface area contributed by atoms with Crippen molar-refractivity contribution in [1.82, 2.24) is 10.2 Å². The summed E-state index contributed by atoms with van der Waals surface area (Å²) in [4.78, 5) is 3.10. The fraction of sp³-hybridized carbons (Fsp3) is 0.333. The van der Waals surface area contributed by atoms with E-state index in [0.717, 1.165) is 25.3 Å². The maximum absolute atomic E-state index is 5.56. The molecule has 102 valence electrons. The number of hydrogen-bond donors (Lipinski definition) is 1. The molecule has 0 spiro atoms. The average Bonchev–Trinajstić information content (AvgIpc) is 2.82. The van der Waals surface area contributed by atoms with Gasteiger partial charge in [0.1, 0.15) is 0 Å². The van der Waals surface area contributed by atoms with Crippen LogP contribution in [0.4, 0.5) is 5.13 Å². The Hall–Kier alpha value is -0.630. The second-order valence-corrected chi connectivity index (χ2v) is 7.25. The molecule has 2 aromatic rings. The Morgan fingerprint density at radius 3 is 2.74 bits per heavy atom. The summed E-state index contributed by atoms with van der Waals surface area (Å²) in [7, 11) is 3.93. The molecule has 19 heavy (non-hydrogen) atoms. The van der Waals surface area contributed by atoms with Gasteiger partial charge in [0.25, 0.3) is 0 Å². The molecule has 4 nitrogen and oxygen atoms in total. The van der Waals surface area contributed by atoms with Crippen molar-refractivity contribution in [2.45, 2.75) is 15.7 Å². The summed E-state index contributed by atoms with van der Waals surface area (Å²) in [6.45, 7) is 0.668. The molecule has 0 amide bonds. The van der Waals surface area contributed by atoms with Gasteiger partial charge in [-0.05, 0) is 46.6 Å². The van der Waals surface area contributed by atoms with Crippen molar-refractivity contribution >= 4 is 44.2 Å². The molecule has 1 aromatic carbocycles. The lowest BCUT2D eigenvalue weighted by Crippen LogP contribution is -2.07. The SMILES string of the molecule is CN(C)c1nnc(Sc2ccc(CCN)cc2Br)s1. The van der Waals surface area contributed by atoms with Crippen LogP contribution in [0.25, 0.3) is 0 Å². The molecule has 1 aromatic heterocycles. The number of anilines is 1. The Labute approximate surface area is 129 Å². The second-order valence-electron chi connectivity index (χ2n) is 4.15. The fourth-order valence-electron chi connectivity index (χ4n) is 1.47. The van der Waals surface area contributed by atoms with Crippen molar-refractivity contribution < 1.29 is 0 Å². The average molecular weight is 359 g/mol. The standard InChI is InChI=1S/C12H15BrN4S2/c1-17(2)11-15-16-12(19-11)18-10-4-3-8(5-6-14)7-9(10)13/h3-4,7H,5-6,14H2,1-2H3. The molecule has 0 aliphatic carbocycles. The van der Waals surface area contributed by atoms with Crippen molar-refractivity contribution in [3.63, 3.8) is 0 Å². The molecule has 0 atom stereocenters. The highest BCUT2D eigenvalue weighted by molar-refractivity contribution is 9.10. The first kappa shape index (κ1) is 14.8. The highest BCUT2D eigenvalue weighted by Crippen LogP contribution is 2.36. The molecule has 0 bridgehead atoms. The normalized spacial score (nSPS) is 10.7. The van der Waals surface area contributed by atoms with Gasteiger partial charge in [-0.2, -0.15) is 0 Å². The van der Waals surface area contributed by atoms with Crippen LogP contribution in [0.15, 0.2) is 31.9 Å². The first-order valence-electron chi connectivity index (χ1n) is 5.77. The largest absolute Gasteiger partial charge is 0.353 e. The van der Waals surface area contributed by atoms with Gasteiger partial charge in [0.2, 0.25) is 5.13 Å². The lowest BCUT2D eigenvalue weighted by molar-refractivity contribution is 0.963. The number of benzene rings is 1. The van der Waals surface area contributed by atoms with Crippen molar-refractivity contribution in [2.75, 3.05) is 25.5 Å². The van der Waals surface area contributed by atoms with Gasteiger partial charge in [0.05, 0.1) is 0 Å². The van der Waals surface area contributed by atoms with Crippen molar-refractivity contribution in [3.05, 3.63) is 28.2 Å². The van der Waals surface area contributed by atoms with E-state index in [2.05, 4.69) is 44.3 Å².